The van der Waals surface area contributed by atoms with Crippen LogP contribution in [-0.2, 0) is 9.53 Å². The highest BCUT2D eigenvalue weighted by molar-refractivity contribution is 5.97. The SMILES string of the molecule is C[C@@H](OC(=O)c1cccc(O)c1)C(=O)Nc1ccc(C#N)cc1. The van der Waals surface area contributed by atoms with Crippen LogP contribution in [0.3, 0.4) is 0 Å². The summed E-state index contributed by atoms with van der Waals surface area (Å²) in [5, 5.41) is 20.6. The molecule has 2 aromatic carbocycles. The molecule has 6 nitrogen and oxygen atoms in total. The minimum Gasteiger partial charge on any atom is -0.508 e. The van der Waals surface area contributed by atoms with Crippen molar-refractivity contribution in [3.63, 3.8) is 0 Å². The number of aromatic hydroxyl groups is 1. The Morgan fingerprint density at radius 2 is 1.91 bits per heavy atom. The van der Waals surface area contributed by atoms with Crippen molar-refractivity contribution in [2.75, 3.05) is 5.32 Å². The van der Waals surface area contributed by atoms with E-state index in [-0.39, 0.29) is 11.3 Å². The molecule has 2 rings (SSSR count). The zero-order valence-electron chi connectivity index (χ0n) is 12.3. The molecular weight excluding hydrogens is 296 g/mol. The van der Waals surface area contributed by atoms with Crippen LogP contribution in [0.1, 0.15) is 22.8 Å². The molecule has 0 radical (unpaired) electrons. The molecule has 6 heteroatoms. The first kappa shape index (κ1) is 16.0. The molecule has 0 spiro atoms. The Balaban J connectivity index is 1.96. The maximum Gasteiger partial charge on any atom is 0.339 e. The van der Waals surface area contributed by atoms with Gasteiger partial charge in [0.2, 0.25) is 0 Å². The summed E-state index contributed by atoms with van der Waals surface area (Å²) in [4.78, 5) is 23.9. The molecule has 0 aromatic heterocycles. The van der Waals surface area contributed by atoms with Gasteiger partial charge in [0.15, 0.2) is 6.10 Å². The Morgan fingerprint density at radius 1 is 1.22 bits per heavy atom. The first-order valence-corrected chi connectivity index (χ1v) is 6.80. The highest BCUT2D eigenvalue weighted by Gasteiger charge is 2.19. The van der Waals surface area contributed by atoms with Gasteiger partial charge in [-0.3, -0.25) is 4.79 Å². The van der Waals surface area contributed by atoms with E-state index in [1.54, 1.807) is 24.3 Å². The lowest BCUT2D eigenvalue weighted by Gasteiger charge is -2.13. The molecule has 0 saturated carbocycles. The molecule has 0 aliphatic heterocycles. The summed E-state index contributed by atoms with van der Waals surface area (Å²) in [6.07, 6.45) is -1.01. The topological polar surface area (TPSA) is 99.4 Å². The number of amides is 1. The molecular formula is C17H14N2O4. The van der Waals surface area contributed by atoms with E-state index in [9.17, 15) is 14.7 Å². The van der Waals surface area contributed by atoms with Crippen LogP contribution in [0, 0.1) is 11.3 Å². The summed E-state index contributed by atoms with van der Waals surface area (Å²) in [6.45, 7) is 1.44. The molecule has 2 N–H and O–H groups in total. The number of rotatable bonds is 4. The highest BCUT2D eigenvalue weighted by Crippen LogP contribution is 2.14. The third-order valence-corrected chi connectivity index (χ3v) is 3.02. The molecule has 0 aliphatic carbocycles. The second kappa shape index (κ2) is 7.09. The number of carbonyl (C=O) groups is 2. The highest BCUT2D eigenvalue weighted by atomic mass is 16.5. The van der Waals surface area contributed by atoms with E-state index >= 15 is 0 Å². The first-order valence-electron chi connectivity index (χ1n) is 6.80. The van der Waals surface area contributed by atoms with Crippen LogP contribution in [0.25, 0.3) is 0 Å². The van der Waals surface area contributed by atoms with Crippen LogP contribution in [0.15, 0.2) is 48.5 Å². The fraction of sp³-hybridized carbons (Fsp3) is 0.118. The van der Waals surface area contributed by atoms with Crippen molar-refractivity contribution in [2.24, 2.45) is 0 Å². The fourth-order valence-corrected chi connectivity index (χ4v) is 1.79. The number of hydrogen-bond acceptors (Lipinski definition) is 5. The Kier molecular flexibility index (Phi) is 4.95. The molecule has 1 amide bonds. The van der Waals surface area contributed by atoms with Gasteiger partial charge >= 0.3 is 5.97 Å². The summed E-state index contributed by atoms with van der Waals surface area (Å²) >= 11 is 0. The predicted molar refractivity (Wildman–Crippen MR) is 82.8 cm³/mol. The standard InChI is InChI=1S/C17H14N2O4/c1-11(23-17(22)13-3-2-4-15(20)9-13)16(21)19-14-7-5-12(10-18)6-8-14/h2-9,11,20H,1H3,(H,19,21)/t11-/m1/s1. The molecule has 0 aliphatic rings. The molecule has 0 fully saturated rings. The Hall–Kier alpha value is -3.33. The summed E-state index contributed by atoms with van der Waals surface area (Å²) in [7, 11) is 0. The van der Waals surface area contributed by atoms with Gasteiger partial charge in [0.1, 0.15) is 5.75 Å². The smallest absolute Gasteiger partial charge is 0.339 e. The normalized spacial score (nSPS) is 11.1. The average molecular weight is 310 g/mol. The number of nitrogens with zero attached hydrogens (tertiary/aromatic N) is 1. The molecule has 23 heavy (non-hydrogen) atoms. The third-order valence-electron chi connectivity index (χ3n) is 3.02. The van der Waals surface area contributed by atoms with Gasteiger partial charge in [-0.15, -0.1) is 0 Å². The van der Waals surface area contributed by atoms with Gasteiger partial charge in [-0.25, -0.2) is 4.79 Å². The Morgan fingerprint density at radius 3 is 2.52 bits per heavy atom. The minimum absolute atomic E-state index is 0.0610. The number of phenolic OH excluding ortho intramolecular Hbond substituents is 1. The Bertz CT molecular complexity index is 763. The Labute approximate surface area is 132 Å². The maximum atomic E-state index is 12.0. The number of esters is 1. The van der Waals surface area contributed by atoms with Gasteiger partial charge < -0.3 is 15.2 Å². The van der Waals surface area contributed by atoms with E-state index in [4.69, 9.17) is 10.00 Å². The van der Waals surface area contributed by atoms with E-state index in [0.717, 1.165) is 0 Å². The lowest BCUT2D eigenvalue weighted by Crippen LogP contribution is -2.30. The first-order chi connectivity index (χ1) is 11.0. The van der Waals surface area contributed by atoms with Crippen molar-refractivity contribution in [1.82, 2.24) is 0 Å². The zero-order valence-corrected chi connectivity index (χ0v) is 12.3. The lowest BCUT2D eigenvalue weighted by atomic mass is 10.2. The zero-order chi connectivity index (χ0) is 16.8. The van der Waals surface area contributed by atoms with E-state index in [1.807, 2.05) is 6.07 Å². The maximum absolute atomic E-state index is 12.0. The van der Waals surface area contributed by atoms with E-state index in [2.05, 4.69) is 5.32 Å². The minimum atomic E-state index is -1.01. The molecule has 0 saturated heterocycles. The summed E-state index contributed by atoms with van der Waals surface area (Å²) < 4.78 is 5.06. The largest absolute Gasteiger partial charge is 0.508 e. The van der Waals surface area contributed by atoms with Crippen LogP contribution in [0.2, 0.25) is 0 Å². The molecule has 0 heterocycles. The van der Waals surface area contributed by atoms with Crippen LogP contribution < -0.4 is 5.32 Å². The second-order valence-electron chi connectivity index (χ2n) is 4.78. The van der Waals surface area contributed by atoms with Gasteiger partial charge in [-0.2, -0.15) is 5.26 Å². The monoisotopic (exact) mass is 310 g/mol. The lowest BCUT2D eigenvalue weighted by molar-refractivity contribution is -0.123. The van der Waals surface area contributed by atoms with Crippen molar-refractivity contribution >= 4 is 17.6 Å². The average Bonchev–Trinajstić information content (AvgIpc) is 2.55. The molecule has 0 unspecified atom stereocenters. The number of benzene rings is 2. The van der Waals surface area contributed by atoms with E-state index in [0.29, 0.717) is 11.3 Å². The van der Waals surface area contributed by atoms with Gasteiger partial charge in [0, 0.05) is 5.69 Å². The van der Waals surface area contributed by atoms with E-state index < -0.39 is 18.0 Å². The summed E-state index contributed by atoms with van der Waals surface area (Å²) in [6, 6.07) is 14.0. The predicted octanol–water partition coefficient (Wildman–Crippen LogP) is 2.45. The van der Waals surface area contributed by atoms with Crippen LogP contribution in [0.4, 0.5) is 5.69 Å². The summed E-state index contributed by atoms with van der Waals surface area (Å²) in [5.74, 6) is -1.26. The number of ether oxygens (including phenoxy) is 1. The van der Waals surface area contributed by atoms with Crippen LogP contribution in [0.5, 0.6) is 5.75 Å². The second-order valence-corrected chi connectivity index (χ2v) is 4.78. The van der Waals surface area contributed by atoms with Gasteiger partial charge in [0.25, 0.3) is 5.91 Å². The van der Waals surface area contributed by atoms with Crippen molar-refractivity contribution in [3.8, 4) is 11.8 Å². The number of phenols is 1. The van der Waals surface area contributed by atoms with Gasteiger partial charge in [0.05, 0.1) is 17.2 Å². The number of nitrogens with one attached hydrogen (secondary N) is 1. The fourth-order valence-electron chi connectivity index (χ4n) is 1.79. The van der Waals surface area contributed by atoms with Crippen molar-refractivity contribution in [1.29, 1.82) is 5.26 Å². The van der Waals surface area contributed by atoms with Crippen LogP contribution >= 0.6 is 0 Å². The summed E-state index contributed by atoms with van der Waals surface area (Å²) in [5.41, 5.74) is 1.13. The number of carbonyl (C=O) groups excluding carboxylic acids is 2. The number of nitriles is 1. The quantitative estimate of drug-likeness (QED) is 0.845. The molecule has 1 atom stereocenters. The van der Waals surface area contributed by atoms with Crippen molar-refractivity contribution in [2.45, 2.75) is 13.0 Å². The third kappa shape index (κ3) is 4.32. The van der Waals surface area contributed by atoms with Crippen molar-refractivity contribution in [3.05, 3.63) is 59.7 Å². The number of anilines is 1. The van der Waals surface area contributed by atoms with E-state index in [1.165, 1.54) is 31.2 Å². The number of hydrogen-bond donors (Lipinski definition) is 2. The van der Waals surface area contributed by atoms with Crippen LogP contribution in [-0.4, -0.2) is 23.1 Å². The molecule has 2 aromatic rings. The van der Waals surface area contributed by atoms with Gasteiger partial charge in [-0.05, 0) is 49.4 Å². The van der Waals surface area contributed by atoms with Crippen molar-refractivity contribution < 1.29 is 19.4 Å². The molecule has 116 valence electrons. The van der Waals surface area contributed by atoms with Gasteiger partial charge in [-0.1, -0.05) is 6.07 Å². The molecule has 0 bridgehead atoms.